The minimum absolute atomic E-state index is 0.135. The summed E-state index contributed by atoms with van der Waals surface area (Å²) in [4.78, 5) is 11.7. The third-order valence-corrected chi connectivity index (χ3v) is 2.66. The predicted molar refractivity (Wildman–Crippen MR) is 57.0 cm³/mol. The van der Waals surface area contributed by atoms with Crippen molar-refractivity contribution in [2.24, 2.45) is 5.92 Å². The summed E-state index contributed by atoms with van der Waals surface area (Å²) in [6.45, 7) is 0.492. The first kappa shape index (κ1) is 10.0. The second kappa shape index (κ2) is 4.82. The molecule has 0 fully saturated rings. The number of furan rings is 1. The zero-order chi connectivity index (χ0) is 10.5. The third kappa shape index (κ3) is 2.72. The number of nitrogens with one attached hydrogen (secondary N) is 1. The number of allylic oxidation sites excluding steroid dienone is 2. The monoisotopic (exact) mass is 205 g/mol. The molecular formula is C12H15NO2. The first-order chi connectivity index (χ1) is 7.36. The van der Waals surface area contributed by atoms with E-state index in [0.29, 0.717) is 6.54 Å². The molecule has 0 saturated carbocycles. The van der Waals surface area contributed by atoms with E-state index in [2.05, 4.69) is 17.5 Å². The number of hydrogen-bond donors (Lipinski definition) is 1. The Morgan fingerprint density at radius 1 is 1.53 bits per heavy atom. The average molecular weight is 205 g/mol. The maximum atomic E-state index is 11.7. The number of carbonyl (C=O) groups is 1. The molecule has 0 unspecified atom stereocenters. The van der Waals surface area contributed by atoms with E-state index in [1.165, 1.54) is 0 Å². The van der Waals surface area contributed by atoms with Crippen LogP contribution in [0.15, 0.2) is 35.0 Å². The minimum atomic E-state index is 0.135. The summed E-state index contributed by atoms with van der Waals surface area (Å²) < 4.78 is 5.14. The van der Waals surface area contributed by atoms with Crippen molar-refractivity contribution in [1.29, 1.82) is 0 Å². The fourth-order valence-electron chi connectivity index (χ4n) is 1.76. The Bertz CT molecular complexity index is 341. The quantitative estimate of drug-likeness (QED) is 0.769. The van der Waals surface area contributed by atoms with Gasteiger partial charge in [-0.3, -0.25) is 4.79 Å². The summed E-state index contributed by atoms with van der Waals surface area (Å²) in [5, 5.41) is 2.89. The van der Waals surface area contributed by atoms with Crippen LogP contribution in [0.2, 0.25) is 0 Å². The summed E-state index contributed by atoms with van der Waals surface area (Å²) >= 11 is 0. The highest BCUT2D eigenvalue weighted by atomic mass is 16.3. The van der Waals surface area contributed by atoms with E-state index in [0.717, 1.165) is 25.0 Å². The van der Waals surface area contributed by atoms with Crippen LogP contribution in [-0.4, -0.2) is 5.91 Å². The molecule has 1 heterocycles. The molecule has 0 bridgehead atoms. The smallest absolute Gasteiger partial charge is 0.223 e. The molecule has 2 rings (SSSR count). The molecule has 1 amide bonds. The Morgan fingerprint density at radius 3 is 3.13 bits per heavy atom. The summed E-state index contributed by atoms with van der Waals surface area (Å²) in [6, 6.07) is 3.69. The molecule has 1 aliphatic carbocycles. The van der Waals surface area contributed by atoms with E-state index in [-0.39, 0.29) is 11.8 Å². The van der Waals surface area contributed by atoms with Gasteiger partial charge >= 0.3 is 0 Å². The average Bonchev–Trinajstić information content (AvgIpc) is 2.80. The molecule has 15 heavy (non-hydrogen) atoms. The zero-order valence-electron chi connectivity index (χ0n) is 8.61. The topological polar surface area (TPSA) is 42.2 Å². The molecule has 0 aromatic carbocycles. The standard InChI is InChI=1S/C12H15NO2/c14-12(10-5-2-1-3-6-10)13-9-11-7-4-8-15-11/h1-2,4,7-8,10H,3,5-6,9H2,(H,13,14)/t10-/m0/s1. The second-order valence-corrected chi connectivity index (χ2v) is 3.78. The van der Waals surface area contributed by atoms with Crippen LogP contribution in [0.4, 0.5) is 0 Å². The molecule has 80 valence electrons. The molecular weight excluding hydrogens is 190 g/mol. The Balaban J connectivity index is 1.79. The summed E-state index contributed by atoms with van der Waals surface area (Å²) in [5.41, 5.74) is 0. The lowest BCUT2D eigenvalue weighted by Gasteiger charge is -2.16. The molecule has 0 aliphatic heterocycles. The van der Waals surface area contributed by atoms with Crippen LogP contribution in [0.1, 0.15) is 25.0 Å². The van der Waals surface area contributed by atoms with E-state index in [4.69, 9.17) is 4.42 Å². The first-order valence-electron chi connectivity index (χ1n) is 5.31. The van der Waals surface area contributed by atoms with Gasteiger partial charge in [-0.2, -0.15) is 0 Å². The van der Waals surface area contributed by atoms with E-state index in [1.54, 1.807) is 6.26 Å². The second-order valence-electron chi connectivity index (χ2n) is 3.78. The first-order valence-corrected chi connectivity index (χ1v) is 5.31. The van der Waals surface area contributed by atoms with Crippen LogP contribution in [0, 0.1) is 5.92 Å². The Labute approximate surface area is 89.2 Å². The van der Waals surface area contributed by atoms with Crippen molar-refractivity contribution < 1.29 is 9.21 Å². The number of rotatable bonds is 3. The lowest BCUT2D eigenvalue weighted by Crippen LogP contribution is -2.30. The van der Waals surface area contributed by atoms with Gasteiger partial charge in [0.2, 0.25) is 5.91 Å². The maximum Gasteiger partial charge on any atom is 0.223 e. The van der Waals surface area contributed by atoms with Crippen LogP contribution in [0.25, 0.3) is 0 Å². The molecule has 0 spiro atoms. The highest BCUT2D eigenvalue weighted by Crippen LogP contribution is 2.18. The van der Waals surface area contributed by atoms with Crippen molar-refractivity contribution in [2.45, 2.75) is 25.8 Å². The van der Waals surface area contributed by atoms with E-state index < -0.39 is 0 Å². The van der Waals surface area contributed by atoms with Crippen molar-refractivity contribution >= 4 is 5.91 Å². The largest absolute Gasteiger partial charge is 0.467 e. The Hall–Kier alpha value is -1.51. The van der Waals surface area contributed by atoms with Crippen LogP contribution in [0.5, 0.6) is 0 Å². The fourth-order valence-corrected chi connectivity index (χ4v) is 1.76. The van der Waals surface area contributed by atoms with Gasteiger partial charge in [0.05, 0.1) is 12.8 Å². The molecule has 0 saturated heterocycles. The van der Waals surface area contributed by atoms with Crippen molar-refractivity contribution in [3.8, 4) is 0 Å². The number of carbonyl (C=O) groups excluding carboxylic acids is 1. The lowest BCUT2D eigenvalue weighted by atomic mass is 9.94. The van der Waals surface area contributed by atoms with Crippen molar-refractivity contribution in [3.63, 3.8) is 0 Å². The van der Waals surface area contributed by atoms with Crippen LogP contribution >= 0.6 is 0 Å². The van der Waals surface area contributed by atoms with Gasteiger partial charge < -0.3 is 9.73 Å². The highest BCUT2D eigenvalue weighted by molar-refractivity contribution is 5.78. The molecule has 0 radical (unpaired) electrons. The van der Waals surface area contributed by atoms with Crippen molar-refractivity contribution in [1.82, 2.24) is 5.32 Å². The molecule has 1 N–H and O–H groups in total. The predicted octanol–water partition coefficient (Wildman–Crippen LogP) is 2.25. The maximum absolute atomic E-state index is 11.7. The van der Waals surface area contributed by atoms with Crippen LogP contribution in [0.3, 0.4) is 0 Å². The Morgan fingerprint density at radius 2 is 2.47 bits per heavy atom. The minimum Gasteiger partial charge on any atom is -0.467 e. The molecule has 1 aromatic heterocycles. The van der Waals surface area contributed by atoms with Crippen LogP contribution < -0.4 is 5.32 Å². The number of amides is 1. The van der Waals surface area contributed by atoms with Gasteiger partial charge in [0, 0.05) is 5.92 Å². The van der Waals surface area contributed by atoms with Gasteiger partial charge in [-0.05, 0) is 31.4 Å². The molecule has 3 heteroatoms. The fraction of sp³-hybridized carbons (Fsp3) is 0.417. The zero-order valence-corrected chi connectivity index (χ0v) is 8.61. The van der Waals surface area contributed by atoms with E-state index in [1.807, 2.05) is 12.1 Å². The van der Waals surface area contributed by atoms with Crippen molar-refractivity contribution in [2.75, 3.05) is 0 Å². The van der Waals surface area contributed by atoms with E-state index in [9.17, 15) is 4.79 Å². The summed E-state index contributed by atoms with van der Waals surface area (Å²) in [5.74, 6) is 1.08. The van der Waals surface area contributed by atoms with Gasteiger partial charge in [0.25, 0.3) is 0 Å². The molecule has 3 nitrogen and oxygen atoms in total. The van der Waals surface area contributed by atoms with Gasteiger partial charge in [-0.15, -0.1) is 0 Å². The van der Waals surface area contributed by atoms with Gasteiger partial charge in [-0.1, -0.05) is 12.2 Å². The summed E-state index contributed by atoms with van der Waals surface area (Å²) in [7, 11) is 0. The molecule has 1 aromatic rings. The highest BCUT2D eigenvalue weighted by Gasteiger charge is 2.18. The number of hydrogen-bond acceptors (Lipinski definition) is 2. The van der Waals surface area contributed by atoms with Gasteiger partial charge in [0.1, 0.15) is 5.76 Å². The van der Waals surface area contributed by atoms with Crippen molar-refractivity contribution in [3.05, 3.63) is 36.3 Å². The van der Waals surface area contributed by atoms with Gasteiger partial charge in [0.15, 0.2) is 0 Å². The SMILES string of the molecule is O=C(NCc1ccco1)[C@H]1CC=CCC1. The molecule has 1 aliphatic rings. The van der Waals surface area contributed by atoms with Crippen LogP contribution in [-0.2, 0) is 11.3 Å². The van der Waals surface area contributed by atoms with E-state index >= 15 is 0 Å². The summed E-state index contributed by atoms with van der Waals surface area (Å²) in [6.07, 6.45) is 8.67. The molecule has 1 atom stereocenters. The normalized spacial score (nSPS) is 20.1. The lowest BCUT2D eigenvalue weighted by molar-refractivity contribution is -0.125. The third-order valence-electron chi connectivity index (χ3n) is 2.66. The van der Waals surface area contributed by atoms with Gasteiger partial charge in [-0.25, -0.2) is 0 Å². The Kier molecular flexibility index (Phi) is 3.22.